The largest absolute Gasteiger partial charge is 0.325 e. The third-order valence-electron chi connectivity index (χ3n) is 2.31. The molecule has 0 aliphatic heterocycles. The second kappa shape index (κ2) is 5.19. The molecule has 0 fully saturated rings. The van der Waals surface area contributed by atoms with E-state index >= 15 is 0 Å². The number of fused-ring (bicyclic) bond motifs is 1. The molecule has 4 heteroatoms. The summed E-state index contributed by atoms with van der Waals surface area (Å²) in [6.07, 6.45) is 0. The quantitative estimate of drug-likeness (QED) is 0.893. The molecular formula is C13H16ClNS2. The summed E-state index contributed by atoms with van der Waals surface area (Å²) in [7, 11) is 0. The van der Waals surface area contributed by atoms with E-state index in [1.54, 1.807) is 11.3 Å². The number of hydrogen-bond donors (Lipinski definition) is 1. The molecule has 1 nitrogen and oxygen atoms in total. The first-order chi connectivity index (χ1) is 7.97. The number of benzene rings is 1. The molecule has 0 aliphatic carbocycles. The van der Waals surface area contributed by atoms with E-state index in [4.69, 9.17) is 17.3 Å². The van der Waals surface area contributed by atoms with Gasteiger partial charge >= 0.3 is 0 Å². The van der Waals surface area contributed by atoms with E-state index < -0.39 is 0 Å². The Morgan fingerprint density at radius 3 is 2.71 bits per heavy atom. The molecular weight excluding hydrogens is 270 g/mol. The summed E-state index contributed by atoms with van der Waals surface area (Å²) in [6.45, 7) is 4.10. The average Bonchev–Trinajstić information content (AvgIpc) is 2.55. The van der Waals surface area contributed by atoms with Gasteiger partial charge in [0.05, 0.1) is 5.02 Å². The van der Waals surface area contributed by atoms with Crippen LogP contribution < -0.4 is 5.73 Å². The first-order valence-electron chi connectivity index (χ1n) is 5.50. The minimum absolute atomic E-state index is 0.117. The van der Waals surface area contributed by atoms with E-state index in [-0.39, 0.29) is 5.54 Å². The van der Waals surface area contributed by atoms with E-state index in [2.05, 4.69) is 18.2 Å². The predicted molar refractivity (Wildman–Crippen MR) is 81.3 cm³/mol. The molecule has 0 amide bonds. The minimum Gasteiger partial charge on any atom is -0.325 e. The first kappa shape index (κ1) is 13.2. The molecule has 0 bridgehead atoms. The Morgan fingerprint density at radius 2 is 2.06 bits per heavy atom. The lowest BCUT2D eigenvalue weighted by molar-refractivity contribution is 0.591. The molecule has 17 heavy (non-hydrogen) atoms. The van der Waals surface area contributed by atoms with Gasteiger partial charge in [0, 0.05) is 32.0 Å². The lowest BCUT2D eigenvalue weighted by Crippen LogP contribution is -2.34. The van der Waals surface area contributed by atoms with Gasteiger partial charge in [0.2, 0.25) is 0 Å². The molecule has 2 rings (SSSR count). The van der Waals surface area contributed by atoms with Gasteiger partial charge in [-0.3, -0.25) is 0 Å². The third-order valence-corrected chi connectivity index (χ3v) is 5.65. The Kier molecular flexibility index (Phi) is 4.03. The van der Waals surface area contributed by atoms with Gasteiger partial charge in [-0.25, -0.2) is 0 Å². The molecule has 0 atom stereocenters. The summed E-state index contributed by atoms with van der Waals surface area (Å²) in [4.78, 5) is 1.25. The maximum absolute atomic E-state index is 6.37. The van der Waals surface area contributed by atoms with Crippen molar-refractivity contribution in [2.75, 3.05) is 5.75 Å². The van der Waals surface area contributed by atoms with Gasteiger partial charge in [-0.1, -0.05) is 29.8 Å². The maximum Gasteiger partial charge on any atom is 0.0632 e. The van der Waals surface area contributed by atoms with Crippen LogP contribution in [0.3, 0.4) is 0 Å². The van der Waals surface area contributed by atoms with Crippen molar-refractivity contribution in [1.29, 1.82) is 0 Å². The van der Waals surface area contributed by atoms with Crippen molar-refractivity contribution in [3.63, 3.8) is 0 Å². The molecule has 0 radical (unpaired) electrons. The molecule has 2 N–H and O–H groups in total. The molecule has 0 aliphatic rings. The van der Waals surface area contributed by atoms with E-state index in [1.807, 2.05) is 31.7 Å². The van der Waals surface area contributed by atoms with Gasteiger partial charge in [0.15, 0.2) is 0 Å². The molecule has 1 aromatic heterocycles. The van der Waals surface area contributed by atoms with E-state index in [0.29, 0.717) is 0 Å². The monoisotopic (exact) mass is 285 g/mol. The van der Waals surface area contributed by atoms with Gasteiger partial charge in [0.25, 0.3) is 0 Å². The van der Waals surface area contributed by atoms with Crippen molar-refractivity contribution in [2.24, 2.45) is 5.73 Å². The van der Waals surface area contributed by atoms with Gasteiger partial charge in [-0.05, 0) is 19.9 Å². The summed E-state index contributed by atoms with van der Waals surface area (Å²) < 4.78 is 1.26. The van der Waals surface area contributed by atoms with Gasteiger partial charge in [-0.2, -0.15) is 11.8 Å². The smallest absolute Gasteiger partial charge is 0.0632 e. The SMILES string of the molecule is CC(C)(N)CSCc1sc2ccccc2c1Cl. The molecule has 0 saturated carbocycles. The van der Waals surface area contributed by atoms with Crippen molar-refractivity contribution >= 4 is 44.8 Å². The number of thiophene rings is 1. The molecule has 0 spiro atoms. The average molecular weight is 286 g/mol. The van der Waals surface area contributed by atoms with Crippen molar-refractivity contribution in [2.45, 2.75) is 25.1 Å². The van der Waals surface area contributed by atoms with Crippen LogP contribution in [0.4, 0.5) is 0 Å². The van der Waals surface area contributed by atoms with E-state index in [9.17, 15) is 0 Å². The highest BCUT2D eigenvalue weighted by atomic mass is 35.5. The standard InChI is InChI=1S/C13H16ClNS2/c1-13(2,15)8-16-7-11-12(14)9-5-3-4-6-10(9)17-11/h3-6H,7-8,15H2,1-2H3. The van der Waals surface area contributed by atoms with Gasteiger partial charge < -0.3 is 5.73 Å². The first-order valence-corrected chi connectivity index (χ1v) is 7.85. The summed E-state index contributed by atoms with van der Waals surface area (Å²) in [5.41, 5.74) is 5.85. The molecule has 0 saturated heterocycles. The fourth-order valence-electron chi connectivity index (χ4n) is 1.56. The highest BCUT2D eigenvalue weighted by molar-refractivity contribution is 7.98. The Hall–Kier alpha value is -0.220. The van der Waals surface area contributed by atoms with Crippen LogP contribution in [0.1, 0.15) is 18.7 Å². The van der Waals surface area contributed by atoms with Crippen LogP contribution in [0, 0.1) is 0 Å². The zero-order valence-electron chi connectivity index (χ0n) is 10.00. The Labute approximate surface area is 115 Å². The van der Waals surface area contributed by atoms with Gasteiger partial charge in [-0.15, -0.1) is 11.3 Å². The number of hydrogen-bond acceptors (Lipinski definition) is 3. The minimum atomic E-state index is -0.117. The molecule has 92 valence electrons. The maximum atomic E-state index is 6.37. The van der Waals surface area contributed by atoms with Crippen LogP contribution in [0.25, 0.3) is 10.1 Å². The predicted octanol–water partition coefficient (Wildman–Crippen LogP) is 4.53. The highest BCUT2D eigenvalue weighted by Gasteiger charge is 2.13. The molecule has 0 unspecified atom stereocenters. The summed E-state index contributed by atoms with van der Waals surface area (Å²) in [5, 5.41) is 2.08. The summed E-state index contributed by atoms with van der Waals surface area (Å²) in [5.74, 6) is 1.89. The van der Waals surface area contributed by atoms with Crippen LogP contribution >= 0.6 is 34.7 Å². The Bertz CT molecular complexity index is 514. The molecule has 1 aromatic carbocycles. The van der Waals surface area contributed by atoms with Crippen LogP contribution in [-0.4, -0.2) is 11.3 Å². The van der Waals surface area contributed by atoms with E-state index in [0.717, 1.165) is 16.5 Å². The number of halogens is 1. The Balaban J connectivity index is 2.11. The van der Waals surface area contributed by atoms with Crippen LogP contribution in [-0.2, 0) is 5.75 Å². The van der Waals surface area contributed by atoms with Crippen molar-refractivity contribution in [1.82, 2.24) is 0 Å². The zero-order valence-corrected chi connectivity index (χ0v) is 12.4. The normalized spacial score (nSPS) is 12.2. The van der Waals surface area contributed by atoms with Gasteiger partial charge in [0.1, 0.15) is 0 Å². The highest BCUT2D eigenvalue weighted by Crippen LogP contribution is 2.37. The molecule has 2 aromatic rings. The second-order valence-corrected chi connectivity index (χ2v) is 7.32. The number of rotatable bonds is 4. The number of thioether (sulfide) groups is 1. The van der Waals surface area contributed by atoms with Crippen molar-refractivity contribution < 1.29 is 0 Å². The fraction of sp³-hybridized carbons (Fsp3) is 0.385. The van der Waals surface area contributed by atoms with Crippen LogP contribution in [0.5, 0.6) is 0 Å². The van der Waals surface area contributed by atoms with Crippen LogP contribution in [0.2, 0.25) is 5.02 Å². The topological polar surface area (TPSA) is 26.0 Å². The van der Waals surface area contributed by atoms with E-state index in [1.165, 1.54) is 15.0 Å². The second-order valence-electron chi connectivity index (χ2n) is 4.82. The van der Waals surface area contributed by atoms with Crippen molar-refractivity contribution in [3.8, 4) is 0 Å². The van der Waals surface area contributed by atoms with Crippen molar-refractivity contribution in [3.05, 3.63) is 34.2 Å². The summed E-state index contributed by atoms with van der Waals surface area (Å²) in [6, 6.07) is 8.28. The summed E-state index contributed by atoms with van der Waals surface area (Å²) >= 11 is 10.00. The zero-order chi connectivity index (χ0) is 12.5. The lowest BCUT2D eigenvalue weighted by atomic mass is 10.1. The Morgan fingerprint density at radius 1 is 1.35 bits per heavy atom. The lowest BCUT2D eigenvalue weighted by Gasteiger charge is -2.17. The fourth-order valence-corrected chi connectivity index (χ4v) is 4.38. The number of nitrogens with two attached hydrogens (primary N) is 1. The molecule has 1 heterocycles. The van der Waals surface area contributed by atoms with Crippen LogP contribution in [0.15, 0.2) is 24.3 Å². The third kappa shape index (κ3) is 3.38.